The Kier molecular flexibility index (Phi) is 5.81. The third kappa shape index (κ3) is 4.30. The maximum absolute atomic E-state index is 12.8. The van der Waals surface area contributed by atoms with Crippen LogP contribution >= 0.6 is 11.6 Å². The highest BCUT2D eigenvalue weighted by Crippen LogP contribution is 2.26. The number of hydrogen-bond donors (Lipinski definition) is 0. The summed E-state index contributed by atoms with van der Waals surface area (Å²) < 4.78 is 0. The molecule has 2 aliphatic heterocycles. The number of hydrogen-bond acceptors (Lipinski definition) is 4. The number of carbonyl (C=O) groups is 1. The second-order valence-electron chi connectivity index (χ2n) is 8.05. The van der Waals surface area contributed by atoms with Crippen LogP contribution in [0, 0.1) is 11.8 Å². The Labute approximate surface area is 171 Å². The summed E-state index contributed by atoms with van der Waals surface area (Å²) in [6, 6.07) is 7.68. The molecule has 0 unspecified atom stereocenters. The summed E-state index contributed by atoms with van der Waals surface area (Å²) in [7, 11) is 0. The highest BCUT2D eigenvalue weighted by Gasteiger charge is 2.30. The number of likely N-dealkylation sites (tertiary alicyclic amines) is 1. The molecular formula is C22H27ClN4O. The van der Waals surface area contributed by atoms with Gasteiger partial charge in [0.05, 0.1) is 0 Å². The molecule has 5 nitrogen and oxygen atoms in total. The molecule has 0 radical (unpaired) electrons. The molecule has 2 aromatic rings. The molecule has 4 rings (SSSR count). The van der Waals surface area contributed by atoms with E-state index in [1.807, 2.05) is 36.7 Å². The Balaban J connectivity index is 1.33. The Hall–Kier alpha value is -2.14. The molecule has 1 aromatic heterocycles. The fourth-order valence-electron chi connectivity index (χ4n) is 4.09. The molecule has 0 aliphatic carbocycles. The Morgan fingerprint density at radius 3 is 2.14 bits per heavy atom. The van der Waals surface area contributed by atoms with Crippen molar-refractivity contribution in [2.24, 2.45) is 11.8 Å². The van der Waals surface area contributed by atoms with Crippen LogP contribution in [0.15, 0.2) is 36.7 Å². The molecule has 0 bridgehead atoms. The van der Waals surface area contributed by atoms with E-state index in [2.05, 4.69) is 26.7 Å². The molecule has 1 amide bonds. The van der Waals surface area contributed by atoms with Crippen LogP contribution < -0.4 is 4.90 Å². The van der Waals surface area contributed by atoms with Crippen molar-refractivity contribution in [1.29, 1.82) is 0 Å². The molecule has 2 aliphatic rings. The number of carbonyl (C=O) groups excluding carboxylic acids is 1. The Morgan fingerprint density at radius 1 is 0.929 bits per heavy atom. The number of rotatable bonds is 3. The predicted octanol–water partition coefficient (Wildman–Crippen LogP) is 4.27. The van der Waals surface area contributed by atoms with Crippen LogP contribution in [0.4, 0.5) is 5.95 Å². The lowest BCUT2D eigenvalue weighted by Gasteiger charge is -2.36. The lowest BCUT2D eigenvalue weighted by atomic mass is 9.93. The van der Waals surface area contributed by atoms with Gasteiger partial charge in [0.25, 0.3) is 0 Å². The highest BCUT2D eigenvalue weighted by atomic mass is 35.5. The first-order chi connectivity index (χ1) is 13.6. The highest BCUT2D eigenvalue weighted by molar-refractivity contribution is 6.30. The lowest BCUT2D eigenvalue weighted by Crippen LogP contribution is -2.45. The van der Waals surface area contributed by atoms with Gasteiger partial charge in [0.15, 0.2) is 0 Å². The molecule has 28 heavy (non-hydrogen) atoms. The lowest BCUT2D eigenvalue weighted by molar-refractivity contribution is -0.137. The molecule has 148 valence electrons. The monoisotopic (exact) mass is 398 g/mol. The van der Waals surface area contributed by atoms with Gasteiger partial charge in [-0.3, -0.25) is 4.79 Å². The first-order valence-corrected chi connectivity index (χ1v) is 10.6. The predicted molar refractivity (Wildman–Crippen MR) is 112 cm³/mol. The normalized spacial score (nSPS) is 19.1. The summed E-state index contributed by atoms with van der Waals surface area (Å²) in [4.78, 5) is 26.2. The zero-order valence-electron chi connectivity index (χ0n) is 16.4. The zero-order chi connectivity index (χ0) is 19.5. The minimum atomic E-state index is 0.151. The SMILES string of the molecule is CC1CCN(C(=O)C2CCN(c3ncc(-c4ccc(Cl)cc4)cn3)CC2)CC1. The van der Waals surface area contributed by atoms with E-state index in [-0.39, 0.29) is 5.92 Å². The quantitative estimate of drug-likeness (QED) is 0.774. The number of benzene rings is 1. The van der Waals surface area contributed by atoms with Crippen LogP contribution in [0.25, 0.3) is 11.1 Å². The van der Waals surface area contributed by atoms with E-state index in [1.165, 1.54) is 0 Å². The number of anilines is 1. The van der Waals surface area contributed by atoms with Gasteiger partial charge < -0.3 is 9.80 Å². The third-order valence-electron chi connectivity index (χ3n) is 6.04. The van der Waals surface area contributed by atoms with Gasteiger partial charge in [-0.15, -0.1) is 0 Å². The number of nitrogens with zero attached hydrogens (tertiary/aromatic N) is 4. The Morgan fingerprint density at radius 2 is 1.54 bits per heavy atom. The fraction of sp³-hybridized carbons (Fsp3) is 0.500. The van der Waals surface area contributed by atoms with Crippen LogP contribution in [-0.4, -0.2) is 47.0 Å². The summed E-state index contributed by atoms with van der Waals surface area (Å²) in [5, 5.41) is 0.720. The van der Waals surface area contributed by atoms with Gasteiger partial charge in [-0.2, -0.15) is 0 Å². The van der Waals surface area contributed by atoms with Crippen molar-refractivity contribution >= 4 is 23.5 Å². The molecule has 0 atom stereocenters. The smallest absolute Gasteiger partial charge is 0.225 e. The molecule has 3 heterocycles. The van der Waals surface area contributed by atoms with Crippen molar-refractivity contribution in [3.8, 4) is 11.1 Å². The van der Waals surface area contributed by atoms with Gasteiger partial charge >= 0.3 is 0 Å². The molecule has 0 N–H and O–H groups in total. The van der Waals surface area contributed by atoms with Gasteiger partial charge in [-0.1, -0.05) is 30.7 Å². The standard InChI is InChI=1S/C22H27ClN4O/c1-16-6-10-26(11-7-16)21(28)18-8-12-27(13-9-18)22-24-14-19(15-25-22)17-2-4-20(23)5-3-17/h2-5,14-16,18H,6-13H2,1H3. The molecule has 0 saturated carbocycles. The number of piperidine rings is 2. The average Bonchev–Trinajstić information content (AvgIpc) is 2.75. The van der Waals surface area contributed by atoms with Gasteiger partial charge in [0, 0.05) is 55.1 Å². The summed E-state index contributed by atoms with van der Waals surface area (Å²) in [6.45, 7) is 5.80. The largest absolute Gasteiger partial charge is 0.342 e. The first kappa shape index (κ1) is 19.2. The van der Waals surface area contributed by atoms with Crippen molar-refractivity contribution in [1.82, 2.24) is 14.9 Å². The van der Waals surface area contributed by atoms with E-state index in [0.717, 1.165) is 79.9 Å². The third-order valence-corrected chi connectivity index (χ3v) is 6.29. The van der Waals surface area contributed by atoms with Crippen molar-refractivity contribution in [3.63, 3.8) is 0 Å². The Bertz CT molecular complexity index is 792. The maximum Gasteiger partial charge on any atom is 0.225 e. The van der Waals surface area contributed by atoms with E-state index in [4.69, 9.17) is 11.6 Å². The van der Waals surface area contributed by atoms with Crippen LogP contribution in [0.1, 0.15) is 32.6 Å². The number of amides is 1. The molecular weight excluding hydrogens is 372 g/mol. The van der Waals surface area contributed by atoms with Crippen LogP contribution in [0.5, 0.6) is 0 Å². The summed E-state index contributed by atoms with van der Waals surface area (Å²) >= 11 is 5.95. The molecule has 1 aromatic carbocycles. The molecule has 2 fully saturated rings. The van der Waals surface area contributed by atoms with Crippen molar-refractivity contribution < 1.29 is 4.79 Å². The van der Waals surface area contributed by atoms with Crippen molar-refractivity contribution in [2.75, 3.05) is 31.1 Å². The zero-order valence-corrected chi connectivity index (χ0v) is 17.1. The van der Waals surface area contributed by atoms with Crippen molar-refractivity contribution in [3.05, 3.63) is 41.7 Å². The fourth-order valence-corrected chi connectivity index (χ4v) is 4.22. The molecule has 6 heteroatoms. The first-order valence-electron chi connectivity index (χ1n) is 10.2. The van der Waals surface area contributed by atoms with Gasteiger partial charge in [0.1, 0.15) is 0 Å². The van der Waals surface area contributed by atoms with Gasteiger partial charge in [-0.25, -0.2) is 9.97 Å². The maximum atomic E-state index is 12.8. The van der Waals surface area contributed by atoms with E-state index < -0.39 is 0 Å². The van der Waals surface area contributed by atoms with Crippen LogP contribution in [-0.2, 0) is 4.79 Å². The number of halogens is 1. The average molecular weight is 399 g/mol. The minimum Gasteiger partial charge on any atom is -0.342 e. The van der Waals surface area contributed by atoms with Crippen LogP contribution in [0.2, 0.25) is 5.02 Å². The van der Waals surface area contributed by atoms with Gasteiger partial charge in [-0.05, 0) is 49.3 Å². The summed E-state index contributed by atoms with van der Waals surface area (Å²) in [6.07, 6.45) is 7.76. The van der Waals surface area contributed by atoms with E-state index >= 15 is 0 Å². The van der Waals surface area contributed by atoms with Gasteiger partial charge in [0.2, 0.25) is 11.9 Å². The topological polar surface area (TPSA) is 49.3 Å². The van der Waals surface area contributed by atoms with Crippen molar-refractivity contribution in [2.45, 2.75) is 32.6 Å². The minimum absolute atomic E-state index is 0.151. The molecule has 2 saturated heterocycles. The van der Waals surface area contributed by atoms with Crippen LogP contribution in [0.3, 0.4) is 0 Å². The summed E-state index contributed by atoms with van der Waals surface area (Å²) in [5.41, 5.74) is 2.03. The summed E-state index contributed by atoms with van der Waals surface area (Å²) in [5.74, 6) is 2.00. The molecule has 0 spiro atoms. The number of aromatic nitrogens is 2. The second kappa shape index (κ2) is 8.48. The van der Waals surface area contributed by atoms with E-state index in [0.29, 0.717) is 5.91 Å². The second-order valence-corrected chi connectivity index (χ2v) is 8.48. The van der Waals surface area contributed by atoms with E-state index in [1.54, 1.807) is 0 Å². The van der Waals surface area contributed by atoms with E-state index in [9.17, 15) is 4.79 Å².